The van der Waals surface area contributed by atoms with E-state index >= 15 is 0 Å². The number of hydrogen-bond donors (Lipinski definition) is 2. The Morgan fingerprint density at radius 1 is 1.27 bits per heavy atom. The van der Waals surface area contributed by atoms with E-state index < -0.39 is 5.97 Å². The zero-order valence-electron chi connectivity index (χ0n) is 7.18. The van der Waals surface area contributed by atoms with Crippen LogP contribution in [0.15, 0.2) is 0 Å². The molecule has 0 bridgehead atoms. The molecule has 0 aromatic heterocycles. The van der Waals surface area contributed by atoms with Gasteiger partial charge in [0.1, 0.15) is 0 Å². The van der Waals surface area contributed by atoms with Crippen molar-refractivity contribution >= 4 is 11.9 Å². The van der Waals surface area contributed by atoms with Crippen molar-refractivity contribution in [3.8, 4) is 0 Å². The third-order valence-corrected chi connectivity index (χ3v) is 0.845. The molecule has 2 N–H and O–H groups in total. The molecule has 0 aliphatic heterocycles. The van der Waals surface area contributed by atoms with Gasteiger partial charge >= 0.3 is 5.97 Å². The molecule has 0 heterocycles. The second-order valence-corrected chi connectivity index (χ2v) is 1.57. The van der Waals surface area contributed by atoms with E-state index in [2.05, 4.69) is 5.32 Å². The Hall–Kier alpha value is -1.06. The van der Waals surface area contributed by atoms with Crippen LogP contribution in [0.25, 0.3) is 0 Å². The van der Waals surface area contributed by atoms with E-state index in [0.29, 0.717) is 0 Å². The number of hydrogen-bond acceptors (Lipinski definition) is 2. The fourth-order valence-electron chi connectivity index (χ4n) is 0.345. The van der Waals surface area contributed by atoms with Crippen LogP contribution in [0, 0.1) is 0 Å². The minimum Gasteiger partial charge on any atom is -0.481 e. The van der Waals surface area contributed by atoms with E-state index in [1.165, 1.54) is 7.05 Å². The highest BCUT2D eigenvalue weighted by Gasteiger charge is 2.00. The molecule has 66 valence electrons. The lowest BCUT2D eigenvalue weighted by Gasteiger charge is -1.93. The Morgan fingerprint density at radius 2 is 1.73 bits per heavy atom. The molecule has 0 atom stereocenters. The molecular formula is C7H15NO3. The van der Waals surface area contributed by atoms with Crippen LogP contribution in [-0.4, -0.2) is 24.0 Å². The van der Waals surface area contributed by atoms with Crippen LogP contribution in [0.4, 0.5) is 0 Å². The molecule has 0 spiro atoms. The van der Waals surface area contributed by atoms with E-state index in [-0.39, 0.29) is 18.7 Å². The SMILES string of the molecule is CC.CNC(=O)CCC(=O)O. The summed E-state index contributed by atoms with van der Waals surface area (Å²) in [7, 11) is 1.48. The topological polar surface area (TPSA) is 66.4 Å². The first-order valence-electron chi connectivity index (χ1n) is 3.59. The molecule has 0 aliphatic rings. The van der Waals surface area contributed by atoms with Crippen LogP contribution < -0.4 is 5.32 Å². The molecule has 0 fully saturated rings. The van der Waals surface area contributed by atoms with Crippen molar-refractivity contribution < 1.29 is 14.7 Å². The van der Waals surface area contributed by atoms with Gasteiger partial charge in [-0.25, -0.2) is 0 Å². The molecule has 0 rings (SSSR count). The van der Waals surface area contributed by atoms with Crippen molar-refractivity contribution in [3.05, 3.63) is 0 Å². The average Bonchev–Trinajstić information content (AvgIpc) is 2.04. The summed E-state index contributed by atoms with van der Waals surface area (Å²) in [6, 6.07) is 0. The average molecular weight is 161 g/mol. The maximum atomic E-state index is 10.3. The third-order valence-electron chi connectivity index (χ3n) is 0.845. The van der Waals surface area contributed by atoms with Gasteiger partial charge in [-0.3, -0.25) is 9.59 Å². The van der Waals surface area contributed by atoms with E-state index in [1.807, 2.05) is 13.8 Å². The summed E-state index contributed by atoms with van der Waals surface area (Å²) < 4.78 is 0. The molecule has 0 aliphatic carbocycles. The van der Waals surface area contributed by atoms with Gasteiger partial charge in [0.15, 0.2) is 0 Å². The zero-order chi connectivity index (χ0) is 9.28. The van der Waals surface area contributed by atoms with Crippen LogP contribution >= 0.6 is 0 Å². The number of carboxylic acid groups (broad SMARTS) is 1. The summed E-state index contributed by atoms with van der Waals surface area (Å²) >= 11 is 0. The molecule has 4 heteroatoms. The summed E-state index contributed by atoms with van der Waals surface area (Å²) in [5, 5.41) is 10.4. The number of aliphatic carboxylic acids is 1. The van der Waals surface area contributed by atoms with Gasteiger partial charge in [-0.15, -0.1) is 0 Å². The molecule has 1 amide bonds. The number of rotatable bonds is 3. The highest BCUT2D eigenvalue weighted by atomic mass is 16.4. The number of nitrogens with one attached hydrogen (secondary N) is 1. The lowest BCUT2D eigenvalue weighted by atomic mass is 10.3. The molecule has 0 aromatic rings. The summed E-state index contributed by atoms with van der Waals surface area (Å²) in [4.78, 5) is 20.2. The van der Waals surface area contributed by atoms with Crippen molar-refractivity contribution in [1.29, 1.82) is 0 Å². The molecule has 0 unspecified atom stereocenters. The third kappa shape index (κ3) is 12.2. The largest absolute Gasteiger partial charge is 0.481 e. The van der Waals surface area contributed by atoms with E-state index in [1.54, 1.807) is 0 Å². The Kier molecular flexibility index (Phi) is 10.2. The number of carbonyl (C=O) groups excluding carboxylic acids is 1. The Balaban J connectivity index is 0. The molecule has 11 heavy (non-hydrogen) atoms. The van der Waals surface area contributed by atoms with Gasteiger partial charge in [0.25, 0.3) is 0 Å². The first-order chi connectivity index (χ1) is 5.16. The second kappa shape index (κ2) is 8.94. The second-order valence-electron chi connectivity index (χ2n) is 1.57. The van der Waals surface area contributed by atoms with Crippen LogP contribution in [0.2, 0.25) is 0 Å². The van der Waals surface area contributed by atoms with Crippen molar-refractivity contribution in [1.82, 2.24) is 5.32 Å². The van der Waals surface area contributed by atoms with Crippen LogP contribution in [0.3, 0.4) is 0 Å². The standard InChI is InChI=1S/C5H9NO3.C2H6/c1-6-4(7)2-3-5(8)9;1-2/h2-3H2,1H3,(H,6,7)(H,8,9);1-2H3. The van der Waals surface area contributed by atoms with Crippen molar-refractivity contribution in [2.75, 3.05) is 7.05 Å². The van der Waals surface area contributed by atoms with Crippen molar-refractivity contribution in [3.63, 3.8) is 0 Å². The summed E-state index contributed by atoms with van der Waals surface area (Å²) in [6.07, 6.45) is -0.0362. The van der Waals surface area contributed by atoms with Gasteiger partial charge in [0, 0.05) is 13.5 Å². The Labute approximate surface area is 66.6 Å². The van der Waals surface area contributed by atoms with E-state index in [0.717, 1.165) is 0 Å². The first-order valence-corrected chi connectivity index (χ1v) is 3.59. The van der Waals surface area contributed by atoms with Crippen molar-refractivity contribution in [2.45, 2.75) is 26.7 Å². The highest BCUT2D eigenvalue weighted by molar-refractivity contribution is 5.80. The number of carboxylic acids is 1. The van der Waals surface area contributed by atoms with Gasteiger partial charge in [0.2, 0.25) is 5.91 Å². The van der Waals surface area contributed by atoms with E-state index in [9.17, 15) is 9.59 Å². The monoisotopic (exact) mass is 161 g/mol. The first kappa shape index (κ1) is 12.6. The minimum absolute atomic E-state index is 0.0613. The summed E-state index contributed by atoms with van der Waals surface area (Å²) in [5.74, 6) is -1.18. The van der Waals surface area contributed by atoms with Gasteiger partial charge < -0.3 is 10.4 Å². The number of amides is 1. The minimum atomic E-state index is -0.946. The van der Waals surface area contributed by atoms with Crippen LogP contribution in [0.1, 0.15) is 26.7 Å². The maximum absolute atomic E-state index is 10.3. The fraction of sp³-hybridized carbons (Fsp3) is 0.714. The smallest absolute Gasteiger partial charge is 0.303 e. The van der Waals surface area contributed by atoms with E-state index in [4.69, 9.17) is 5.11 Å². The summed E-state index contributed by atoms with van der Waals surface area (Å²) in [5.41, 5.74) is 0. The number of carbonyl (C=O) groups is 2. The fourth-order valence-corrected chi connectivity index (χ4v) is 0.345. The van der Waals surface area contributed by atoms with Gasteiger partial charge in [-0.2, -0.15) is 0 Å². The predicted octanol–water partition coefficient (Wildman–Crippen LogP) is 0.623. The lowest BCUT2D eigenvalue weighted by molar-refractivity contribution is -0.138. The van der Waals surface area contributed by atoms with Gasteiger partial charge in [-0.1, -0.05) is 13.8 Å². The molecule has 0 radical (unpaired) electrons. The van der Waals surface area contributed by atoms with Gasteiger partial charge in [-0.05, 0) is 0 Å². The molecule has 0 saturated heterocycles. The normalized spacial score (nSPS) is 7.55. The Bertz CT molecular complexity index is 123. The Morgan fingerprint density at radius 3 is 2.00 bits per heavy atom. The highest BCUT2D eigenvalue weighted by Crippen LogP contribution is 1.86. The summed E-state index contributed by atoms with van der Waals surface area (Å²) in [6.45, 7) is 4.00. The molecular weight excluding hydrogens is 146 g/mol. The zero-order valence-corrected chi connectivity index (χ0v) is 7.18. The quantitative estimate of drug-likeness (QED) is 0.637. The van der Waals surface area contributed by atoms with Crippen LogP contribution in [0.5, 0.6) is 0 Å². The van der Waals surface area contributed by atoms with Crippen LogP contribution in [-0.2, 0) is 9.59 Å². The maximum Gasteiger partial charge on any atom is 0.303 e. The predicted molar refractivity (Wildman–Crippen MR) is 42.3 cm³/mol. The van der Waals surface area contributed by atoms with Crippen molar-refractivity contribution in [2.24, 2.45) is 0 Å². The molecule has 0 saturated carbocycles. The molecule has 0 aromatic carbocycles. The lowest BCUT2D eigenvalue weighted by Crippen LogP contribution is -2.18. The van der Waals surface area contributed by atoms with Gasteiger partial charge in [0.05, 0.1) is 6.42 Å². The molecule has 4 nitrogen and oxygen atoms in total.